The Kier molecular flexibility index (Phi) is 6.84. The van der Waals surface area contributed by atoms with E-state index in [1.54, 1.807) is 21.3 Å². The van der Waals surface area contributed by atoms with Crippen LogP contribution in [0.3, 0.4) is 0 Å². The second-order valence-electron chi connectivity index (χ2n) is 6.45. The Balaban J connectivity index is 2.09. The maximum Gasteiger partial charge on any atom is 0.203 e. The van der Waals surface area contributed by atoms with Crippen molar-refractivity contribution in [3.63, 3.8) is 0 Å². The molecule has 0 amide bonds. The Bertz CT molecular complexity index is 734. The highest BCUT2D eigenvalue weighted by atomic mass is 32.2. The lowest BCUT2D eigenvalue weighted by Gasteiger charge is -2.26. The third-order valence-corrected chi connectivity index (χ3v) is 5.77. The molecular formula is C19H27N3O4S. The van der Waals surface area contributed by atoms with Crippen LogP contribution in [0.2, 0.25) is 0 Å². The molecule has 3 rings (SSSR count). The number of thioether (sulfide) groups is 1. The number of hydrogen-bond acceptors (Lipinski definition) is 7. The van der Waals surface area contributed by atoms with Gasteiger partial charge in [0.15, 0.2) is 22.5 Å². The summed E-state index contributed by atoms with van der Waals surface area (Å²) in [5.41, 5.74) is 0.874. The van der Waals surface area contributed by atoms with E-state index in [1.165, 1.54) is 31.0 Å². The molecule has 1 aromatic heterocycles. The molecule has 1 aliphatic carbocycles. The molecule has 0 radical (unpaired) electrons. The Morgan fingerprint density at radius 1 is 1.04 bits per heavy atom. The molecule has 2 aromatic rings. The molecule has 0 bridgehead atoms. The molecule has 1 heterocycles. The highest BCUT2D eigenvalue weighted by Gasteiger charge is 2.25. The van der Waals surface area contributed by atoms with Crippen molar-refractivity contribution in [2.45, 2.75) is 43.3 Å². The Morgan fingerprint density at radius 2 is 1.70 bits per heavy atom. The first-order valence-corrected chi connectivity index (χ1v) is 10.2. The lowest BCUT2D eigenvalue weighted by Crippen LogP contribution is -2.15. The summed E-state index contributed by atoms with van der Waals surface area (Å²) in [5, 5.41) is 19.0. The summed E-state index contributed by atoms with van der Waals surface area (Å²) in [6.45, 7) is 0.113. The molecule has 7 nitrogen and oxygen atoms in total. The molecular weight excluding hydrogens is 366 g/mol. The molecule has 1 aromatic carbocycles. The SMILES string of the molecule is COc1cc(-c2nnc(SCCO)n2C2CCCCC2)cc(OC)c1OC. The maximum absolute atomic E-state index is 9.22. The van der Waals surface area contributed by atoms with Crippen molar-refractivity contribution in [3.8, 4) is 28.6 Å². The highest BCUT2D eigenvalue weighted by molar-refractivity contribution is 7.99. The van der Waals surface area contributed by atoms with E-state index in [0.717, 1.165) is 29.4 Å². The number of aliphatic hydroxyl groups excluding tert-OH is 1. The van der Waals surface area contributed by atoms with E-state index < -0.39 is 0 Å². The van der Waals surface area contributed by atoms with E-state index in [2.05, 4.69) is 14.8 Å². The van der Waals surface area contributed by atoms with E-state index in [0.29, 0.717) is 29.0 Å². The number of methoxy groups -OCH3 is 3. The smallest absolute Gasteiger partial charge is 0.203 e. The third-order valence-electron chi connectivity index (χ3n) is 4.85. The van der Waals surface area contributed by atoms with Gasteiger partial charge in [-0.25, -0.2) is 0 Å². The van der Waals surface area contributed by atoms with Crippen LogP contribution in [0.4, 0.5) is 0 Å². The molecule has 0 spiro atoms. The molecule has 0 atom stereocenters. The highest BCUT2D eigenvalue weighted by Crippen LogP contribution is 2.42. The standard InChI is InChI=1S/C19H27N3O4S/c1-24-15-11-13(12-16(25-2)17(15)26-3)18-20-21-19(27-10-9-23)22(18)14-7-5-4-6-8-14/h11-12,14,23H,4-10H2,1-3H3. The molecule has 148 valence electrons. The van der Waals surface area contributed by atoms with E-state index in [-0.39, 0.29) is 6.61 Å². The molecule has 1 N–H and O–H groups in total. The summed E-state index contributed by atoms with van der Waals surface area (Å²) in [6, 6.07) is 4.18. The Hall–Kier alpha value is -1.93. The van der Waals surface area contributed by atoms with Crippen LogP contribution in [0, 0.1) is 0 Å². The van der Waals surface area contributed by atoms with Crippen LogP contribution < -0.4 is 14.2 Å². The molecule has 1 fully saturated rings. The van der Waals surface area contributed by atoms with Crippen LogP contribution in [-0.2, 0) is 0 Å². The predicted molar refractivity (Wildman–Crippen MR) is 105 cm³/mol. The normalized spacial score (nSPS) is 15.0. The fourth-order valence-electron chi connectivity index (χ4n) is 3.59. The van der Waals surface area contributed by atoms with Crippen molar-refractivity contribution in [3.05, 3.63) is 12.1 Å². The van der Waals surface area contributed by atoms with Gasteiger partial charge in [0.25, 0.3) is 0 Å². The number of rotatable bonds is 8. The van der Waals surface area contributed by atoms with Crippen molar-refractivity contribution in [1.29, 1.82) is 0 Å². The fraction of sp³-hybridized carbons (Fsp3) is 0.579. The van der Waals surface area contributed by atoms with Crippen LogP contribution >= 0.6 is 11.8 Å². The quantitative estimate of drug-likeness (QED) is 0.687. The monoisotopic (exact) mass is 393 g/mol. The first-order chi connectivity index (χ1) is 13.2. The molecule has 1 saturated carbocycles. The van der Waals surface area contributed by atoms with Gasteiger partial charge >= 0.3 is 0 Å². The van der Waals surface area contributed by atoms with Crippen LogP contribution in [0.5, 0.6) is 17.2 Å². The number of ether oxygens (including phenoxy) is 3. The minimum atomic E-state index is 0.113. The van der Waals surface area contributed by atoms with Crippen LogP contribution in [0.1, 0.15) is 38.1 Å². The predicted octanol–water partition coefficient (Wildman–Crippen LogP) is 3.56. The fourth-order valence-corrected chi connectivity index (χ4v) is 4.33. The summed E-state index contributed by atoms with van der Waals surface area (Å²) in [5.74, 6) is 3.13. The molecule has 0 aliphatic heterocycles. The van der Waals surface area contributed by atoms with Gasteiger partial charge < -0.3 is 19.3 Å². The maximum atomic E-state index is 9.22. The minimum absolute atomic E-state index is 0.113. The van der Waals surface area contributed by atoms with E-state index >= 15 is 0 Å². The first kappa shape index (κ1) is 19.8. The van der Waals surface area contributed by atoms with Gasteiger partial charge in [-0.2, -0.15) is 0 Å². The molecule has 27 heavy (non-hydrogen) atoms. The second-order valence-corrected chi connectivity index (χ2v) is 7.52. The van der Waals surface area contributed by atoms with Crippen molar-refractivity contribution in [2.75, 3.05) is 33.7 Å². The van der Waals surface area contributed by atoms with Crippen molar-refractivity contribution in [2.24, 2.45) is 0 Å². The van der Waals surface area contributed by atoms with Gasteiger partial charge in [-0.1, -0.05) is 31.0 Å². The number of aromatic nitrogens is 3. The Morgan fingerprint density at radius 3 is 2.26 bits per heavy atom. The zero-order valence-electron chi connectivity index (χ0n) is 16.1. The van der Waals surface area contributed by atoms with Crippen molar-refractivity contribution >= 4 is 11.8 Å². The average molecular weight is 394 g/mol. The lowest BCUT2D eigenvalue weighted by molar-refractivity contribution is 0.321. The number of nitrogens with zero attached hydrogens (tertiary/aromatic N) is 3. The van der Waals surface area contributed by atoms with Crippen LogP contribution in [0.15, 0.2) is 17.3 Å². The summed E-state index contributed by atoms with van der Waals surface area (Å²) in [7, 11) is 4.80. The number of benzene rings is 1. The van der Waals surface area contributed by atoms with Gasteiger partial charge in [0.2, 0.25) is 5.75 Å². The van der Waals surface area contributed by atoms with Gasteiger partial charge in [-0.05, 0) is 25.0 Å². The summed E-state index contributed by atoms with van der Waals surface area (Å²) in [6.07, 6.45) is 5.92. The van der Waals surface area contributed by atoms with Gasteiger partial charge in [0, 0.05) is 17.4 Å². The van der Waals surface area contributed by atoms with Gasteiger partial charge in [-0.3, -0.25) is 4.57 Å². The van der Waals surface area contributed by atoms with Crippen molar-refractivity contribution < 1.29 is 19.3 Å². The van der Waals surface area contributed by atoms with E-state index in [1.807, 2.05) is 12.1 Å². The number of hydrogen-bond donors (Lipinski definition) is 1. The number of aliphatic hydroxyl groups is 1. The topological polar surface area (TPSA) is 78.6 Å². The summed E-state index contributed by atoms with van der Waals surface area (Å²) in [4.78, 5) is 0. The van der Waals surface area contributed by atoms with E-state index in [4.69, 9.17) is 14.2 Å². The summed E-state index contributed by atoms with van der Waals surface area (Å²) >= 11 is 1.54. The van der Waals surface area contributed by atoms with E-state index in [9.17, 15) is 5.11 Å². The lowest BCUT2D eigenvalue weighted by atomic mass is 9.95. The summed E-state index contributed by atoms with van der Waals surface area (Å²) < 4.78 is 18.6. The minimum Gasteiger partial charge on any atom is -0.493 e. The average Bonchev–Trinajstić information content (AvgIpc) is 3.15. The van der Waals surface area contributed by atoms with Gasteiger partial charge in [0.1, 0.15) is 0 Å². The van der Waals surface area contributed by atoms with Crippen LogP contribution in [-0.4, -0.2) is 53.6 Å². The zero-order chi connectivity index (χ0) is 19.2. The third kappa shape index (κ3) is 4.16. The van der Waals surface area contributed by atoms with Gasteiger partial charge in [-0.15, -0.1) is 10.2 Å². The molecule has 8 heteroatoms. The van der Waals surface area contributed by atoms with Crippen molar-refractivity contribution in [1.82, 2.24) is 14.8 Å². The molecule has 0 unspecified atom stereocenters. The zero-order valence-corrected chi connectivity index (χ0v) is 16.9. The van der Waals surface area contributed by atoms with Gasteiger partial charge in [0.05, 0.1) is 27.9 Å². The second kappa shape index (κ2) is 9.32. The largest absolute Gasteiger partial charge is 0.493 e. The molecule has 1 aliphatic rings. The Labute approximate surface area is 164 Å². The molecule has 0 saturated heterocycles. The first-order valence-electron chi connectivity index (χ1n) is 9.22. The van der Waals surface area contributed by atoms with Crippen LogP contribution in [0.25, 0.3) is 11.4 Å².